The maximum atomic E-state index is 12.7. The van der Waals surface area contributed by atoms with E-state index in [9.17, 15) is 29.1 Å². The van der Waals surface area contributed by atoms with Gasteiger partial charge in [-0.1, -0.05) is 12.1 Å². The van der Waals surface area contributed by atoms with E-state index in [-0.39, 0.29) is 18.7 Å². The minimum atomic E-state index is -1.53. The van der Waals surface area contributed by atoms with Crippen LogP contribution in [0.3, 0.4) is 0 Å². The predicted molar refractivity (Wildman–Crippen MR) is 115 cm³/mol. The first kappa shape index (κ1) is 27.3. The Morgan fingerprint density at radius 2 is 1.36 bits per heavy atom. The lowest BCUT2D eigenvalue weighted by molar-refractivity contribution is -0.143. The zero-order valence-electron chi connectivity index (χ0n) is 18.2. The topological polar surface area (TPSA) is 220 Å². The highest BCUT2D eigenvalue weighted by atomic mass is 16.4. The number of aliphatic hydroxyl groups excluding tert-OH is 1. The lowest BCUT2D eigenvalue weighted by Crippen LogP contribution is -2.57. The smallest absolute Gasteiger partial charge is 0.328 e. The lowest BCUT2D eigenvalue weighted by atomic mass is 10.0. The molecule has 0 aliphatic carbocycles. The van der Waals surface area contributed by atoms with Crippen molar-refractivity contribution in [3.8, 4) is 5.75 Å². The molecule has 13 heteroatoms. The first-order valence-corrected chi connectivity index (χ1v) is 10.0. The quantitative estimate of drug-likeness (QED) is 0.156. The van der Waals surface area contributed by atoms with Crippen molar-refractivity contribution >= 4 is 29.6 Å². The van der Waals surface area contributed by atoms with Crippen LogP contribution in [0.2, 0.25) is 0 Å². The molecule has 1 aromatic carbocycles. The van der Waals surface area contributed by atoms with Crippen LogP contribution in [-0.4, -0.2) is 82.2 Å². The second kappa shape index (κ2) is 13.0. The third-order valence-corrected chi connectivity index (χ3v) is 4.51. The molecule has 4 amide bonds. The molecule has 0 saturated carbocycles. The van der Waals surface area contributed by atoms with Gasteiger partial charge in [-0.3, -0.25) is 19.2 Å². The fourth-order valence-electron chi connectivity index (χ4n) is 2.60. The van der Waals surface area contributed by atoms with Crippen molar-refractivity contribution in [1.29, 1.82) is 0 Å². The molecule has 0 saturated heterocycles. The maximum absolute atomic E-state index is 12.7. The van der Waals surface area contributed by atoms with Gasteiger partial charge in [-0.25, -0.2) is 4.79 Å². The van der Waals surface area contributed by atoms with Crippen LogP contribution >= 0.6 is 0 Å². The van der Waals surface area contributed by atoms with E-state index in [0.29, 0.717) is 5.56 Å². The average molecular weight is 467 g/mol. The van der Waals surface area contributed by atoms with E-state index in [2.05, 4.69) is 21.3 Å². The number of amides is 4. The summed E-state index contributed by atoms with van der Waals surface area (Å²) in [5.74, 6) is -4.27. The van der Waals surface area contributed by atoms with Gasteiger partial charge < -0.3 is 42.3 Å². The number of nitrogens with two attached hydrogens (primary N) is 1. The van der Waals surface area contributed by atoms with Gasteiger partial charge in [0.2, 0.25) is 23.6 Å². The first-order chi connectivity index (χ1) is 15.5. The van der Waals surface area contributed by atoms with Gasteiger partial charge in [0.15, 0.2) is 0 Å². The number of hydrogen-bond acceptors (Lipinski definition) is 8. The molecule has 9 N–H and O–H groups in total. The molecule has 0 unspecified atom stereocenters. The summed E-state index contributed by atoms with van der Waals surface area (Å²) in [6.07, 6.45) is 0.0583. The van der Waals surface area contributed by atoms with Crippen molar-refractivity contribution in [2.45, 2.75) is 44.4 Å². The summed E-state index contributed by atoms with van der Waals surface area (Å²) in [6.45, 7) is 1.47. The summed E-state index contributed by atoms with van der Waals surface area (Å²) in [7, 11) is 0. The van der Waals surface area contributed by atoms with Crippen LogP contribution in [0, 0.1) is 0 Å². The van der Waals surface area contributed by atoms with E-state index < -0.39 is 60.4 Å². The standard InChI is InChI=1S/C20H29N5O8/c1-10(17(29)22-11(2)18(30)25-15(9-26)20(32)33)23-19(31)14(24-16(28)8-21)7-12-3-5-13(27)6-4-12/h3-6,10-11,14-15,26-27H,7-9,21H2,1-2H3,(H,22,29)(H,23,31)(H,24,28)(H,25,30)(H,32,33)/t10-,11-,14-,15-/m0/s1. The fraction of sp³-hybridized carbons (Fsp3) is 0.450. The predicted octanol–water partition coefficient (Wildman–Crippen LogP) is -3.05. The fourth-order valence-corrected chi connectivity index (χ4v) is 2.60. The minimum absolute atomic E-state index is 0.0304. The highest BCUT2D eigenvalue weighted by Crippen LogP contribution is 2.11. The summed E-state index contributed by atoms with van der Waals surface area (Å²) in [6, 6.07) is 1.11. The van der Waals surface area contributed by atoms with E-state index in [4.69, 9.17) is 15.9 Å². The number of benzene rings is 1. The Bertz CT molecular complexity index is 861. The van der Waals surface area contributed by atoms with Crippen molar-refractivity contribution in [3.63, 3.8) is 0 Å². The van der Waals surface area contributed by atoms with Gasteiger partial charge in [-0.15, -0.1) is 0 Å². The van der Waals surface area contributed by atoms with Crippen LogP contribution in [-0.2, 0) is 30.4 Å². The SMILES string of the molecule is C[C@H](NC(=O)[C@H](C)NC(=O)[C@H](Cc1ccc(O)cc1)NC(=O)CN)C(=O)N[C@@H](CO)C(=O)O. The molecule has 0 aromatic heterocycles. The Kier molecular flexibility index (Phi) is 10.7. The first-order valence-electron chi connectivity index (χ1n) is 10.0. The van der Waals surface area contributed by atoms with Gasteiger partial charge in [0.1, 0.15) is 29.9 Å². The molecule has 1 aromatic rings. The van der Waals surface area contributed by atoms with Gasteiger partial charge in [0.25, 0.3) is 0 Å². The van der Waals surface area contributed by atoms with Crippen LogP contribution in [0.15, 0.2) is 24.3 Å². The highest BCUT2D eigenvalue weighted by Gasteiger charge is 2.27. The monoisotopic (exact) mass is 467 g/mol. The number of carbonyl (C=O) groups is 5. The summed E-state index contributed by atoms with van der Waals surface area (Å²) in [4.78, 5) is 59.7. The minimum Gasteiger partial charge on any atom is -0.508 e. The zero-order valence-corrected chi connectivity index (χ0v) is 18.2. The van der Waals surface area contributed by atoms with Crippen molar-refractivity contribution in [2.24, 2.45) is 5.73 Å². The van der Waals surface area contributed by atoms with Crippen LogP contribution < -0.4 is 27.0 Å². The molecular formula is C20H29N5O8. The second-order valence-electron chi connectivity index (χ2n) is 7.24. The number of nitrogens with one attached hydrogen (secondary N) is 4. The Hall–Kier alpha value is -3.71. The van der Waals surface area contributed by atoms with Gasteiger partial charge in [0, 0.05) is 6.42 Å². The Morgan fingerprint density at radius 1 is 0.848 bits per heavy atom. The maximum Gasteiger partial charge on any atom is 0.328 e. The summed E-state index contributed by atoms with van der Waals surface area (Å²) < 4.78 is 0. The van der Waals surface area contributed by atoms with Crippen molar-refractivity contribution < 1.29 is 39.3 Å². The molecule has 4 atom stereocenters. The Balaban J connectivity index is 2.75. The molecule has 0 radical (unpaired) electrons. The number of aliphatic hydroxyl groups is 1. The number of aromatic hydroxyl groups is 1. The van der Waals surface area contributed by atoms with Gasteiger partial charge in [0.05, 0.1) is 13.2 Å². The Labute approximate surface area is 189 Å². The third-order valence-electron chi connectivity index (χ3n) is 4.51. The van der Waals surface area contributed by atoms with Crippen molar-refractivity contribution in [3.05, 3.63) is 29.8 Å². The number of phenols is 1. The number of carboxylic acid groups (broad SMARTS) is 1. The molecular weight excluding hydrogens is 438 g/mol. The number of aliphatic carboxylic acids is 1. The van der Waals surface area contributed by atoms with E-state index in [1.165, 1.54) is 26.0 Å². The van der Waals surface area contributed by atoms with Gasteiger partial charge >= 0.3 is 5.97 Å². The summed E-state index contributed by atoms with van der Waals surface area (Å²) in [5.41, 5.74) is 5.93. The highest BCUT2D eigenvalue weighted by molar-refractivity contribution is 5.94. The average Bonchev–Trinajstić information content (AvgIpc) is 2.77. The zero-order chi connectivity index (χ0) is 25.1. The van der Waals surface area contributed by atoms with Crippen LogP contribution in [0.4, 0.5) is 0 Å². The van der Waals surface area contributed by atoms with Crippen molar-refractivity contribution in [2.75, 3.05) is 13.2 Å². The normalized spacial score (nSPS) is 14.2. The van der Waals surface area contributed by atoms with E-state index in [1.54, 1.807) is 12.1 Å². The molecule has 1 rings (SSSR count). The number of rotatable bonds is 12. The van der Waals surface area contributed by atoms with Crippen LogP contribution in [0.5, 0.6) is 5.75 Å². The summed E-state index contributed by atoms with van der Waals surface area (Å²) in [5, 5.41) is 36.5. The largest absolute Gasteiger partial charge is 0.508 e. The molecule has 0 fully saturated rings. The van der Waals surface area contributed by atoms with Crippen LogP contribution in [0.1, 0.15) is 19.4 Å². The molecule has 0 aliphatic heterocycles. The molecule has 13 nitrogen and oxygen atoms in total. The number of carbonyl (C=O) groups excluding carboxylic acids is 4. The van der Waals surface area contributed by atoms with Crippen LogP contribution in [0.25, 0.3) is 0 Å². The molecule has 33 heavy (non-hydrogen) atoms. The number of carboxylic acids is 1. The van der Waals surface area contributed by atoms with Crippen molar-refractivity contribution in [1.82, 2.24) is 21.3 Å². The van der Waals surface area contributed by atoms with Gasteiger partial charge in [-0.05, 0) is 31.5 Å². The van der Waals surface area contributed by atoms with E-state index in [0.717, 1.165) is 0 Å². The third kappa shape index (κ3) is 9.13. The molecule has 0 aliphatic rings. The van der Waals surface area contributed by atoms with E-state index in [1.807, 2.05) is 0 Å². The molecule has 0 heterocycles. The lowest BCUT2D eigenvalue weighted by Gasteiger charge is -2.23. The molecule has 0 bridgehead atoms. The van der Waals surface area contributed by atoms with Gasteiger partial charge in [-0.2, -0.15) is 0 Å². The number of hydrogen-bond donors (Lipinski definition) is 8. The molecule has 0 spiro atoms. The Morgan fingerprint density at radius 3 is 1.85 bits per heavy atom. The van der Waals surface area contributed by atoms with E-state index >= 15 is 0 Å². The second-order valence-corrected chi connectivity index (χ2v) is 7.24. The number of phenolic OH excluding ortho intramolecular Hbond substituents is 1. The molecule has 182 valence electrons. The summed E-state index contributed by atoms with van der Waals surface area (Å²) >= 11 is 0.